The summed E-state index contributed by atoms with van der Waals surface area (Å²) in [4.78, 5) is 22.8. The third-order valence-electron chi connectivity index (χ3n) is 2.65. The molecular formula is C13H22N4O3S. The van der Waals surface area contributed by atoms with Gasteiger partial charge in [-0.05, 0) is 13.8 Å². The molecule has 0 aliphatic heterocycles. The lowest BCUT2D eigenvalue weighted by Gasteiger charge is -2.09. The van der Waals surface area contributed by atoms with Crippen LogP contribution in [0.2, 0.25) is 0 Å². The summed E-state index contributed by atoms with van der Waals surface area (Å²) in [7, 11) is 0. The zero-order valence-corrected chi connectivity index (χ0v) is 13.7. The highest BCUT2D eigenvalue weighted by Crippen LogP contribution is 2.20. The van der Waals surface area contributed by atoms with Crippen molar-refractivity contribution in [1.29, 1.82) is 0 Å². The van der Waals surface area contributed by atoms with Crippen LogP contribution in [0.4, 0.5) is 0 Å². The zero-order valence-electron chi connectivity index (χ0n) is 12.9. The molecule has 21 heavy (non-hydrogen) atoms. The monoisotopic (exact) mass is 314 g/mol. The SMILES string of the molecule is CCOC(=O)CNC(=O)CSc1nnc(C(C)C)n1CC. The van der Waals surface area contributed by atoms with Crippen molar-refractivity contribution in [3.8, 4) is 0 Å². The summed E-state index contributed by atoms with van der Waals surface area (Å²) in [6, 6.07) is 0. The van der Waals surface area contributed by atoms with Gasteiger partial charge >= 0.3 is 5.97 Å². The number of thioether (sulfide) groups is 1. The predicted octanol–water partition coefficient (Wildman–Crippen LogP) is 1.19. The Kier molecular flexibility index (Phi) is 7.21. The Bertz CT molecular complexity index is 488. The van der Waals surface area contributed by atoms with E-state index in [4.69, 9.17) is 4.74 Å². The van der Waals surface area contributed by atoms with E-state index in [1.54, 1.807) is 6.92 Å². The third-order valence-corrected chi connectivity index (χ3v) is 3.61. The standard InChI is InChI=1S/C13H22N4O3S/c1-5-17-12(9(3)4)15-16-13(17)21-8-10(18)14-7-11(19)20-6-2/h9H,5-8H2,1-4H3,(H,14,18). The van der Waals surface area contributed by atoms with Gasteiger partial charge in [0.2, 0.25) is 5.91 Å². The Balaban J connectivity index is 2.48. The summed E-state index contributed by atoms with van der Waals surface area (Å²) in [6.45, 7) is 8.80. The van der Waals surface area contributed by atoms with Gasteiger partial charge < -0.3 is 14.6 Å². The van der Waals surface area contributed by atoms with Crippen molar-refractivity contribution in [2.75, 3.05) is 18.9 Å². The molecule has 8 heteroatoms. The van der Waals surface area contributed by atoms with Gasteiger partial charge in [-0.3, -0.25) is 9.59 Å². The lowest BCUT2D eigenvalue weighted by Crippen LogP contribution is -2.31. The molecule has 118 valence electrons. The summed E-state index contributed by atoms with van der Waals surface area (Å²) in [5.74, 6) is 0.714. The van der Waals surface area contributed by atoms with E-state index in [9.17, 15) is 9.59 Å². The summed E-state index contributed by atoms with van der Waals surface area (Å²) in [5.41, 5.74) is 0. The van der Waals surface area contributed by atoms with Gasteiger partial charge in [0.05, 0.1) is 12.4 Å². The second kappa shape index (κ2) is 8.66. The van der Waals surface area contributed by atoms with E-state index in [0.29, 0.717) is 11.8 Å². The largest absolute Gasteiger partial charge is 0.465 e. The van der Waals surface area contributed by atoms with Gasteiger partial charge in [-0.1, -0.05) is 25.6 Å². The van der Waals surface area contributed by atoms with Crippen LogP contribution in [0.15, 0.2) is 5.16 Å². The fourth-order valence-electron chi connectivity index (χ4n) is 1.70. The Morgan fingerprint density at radius 2 is 2.05 bits per heavy atom. The maximum atomic E-state index is 11.7. The minimum Gasteiger partial charge on any atom is -0.465 e. The van der Waals surface area contributed by atoms with Gasteiger partial charge in [-0.25, -0.2) is 0 Å². The molecule has 0 unspecified atom stereocenters. The second-order valence-electron chi connectivity index (χ2n) is 4.61. The van der Waals surface area contributed by atoms with Crippen LogP contribution in [-0.4, -0.2) is 45.5 Å². The number of amides is 1. The fraction of sp³-hybridized carbons (Fsp3) is 0.692. The quantitative estimate of drug-likeness (QED) is 0.573. The van der Waals surface area contributed by atoms with Crippen LogP contribution < -0.4 is 5.32 Å². The maximum absolute atomic E-state index is 11.7. The van der Waals surface area contributed by atoms with Crippen molar-refractivity contribution in [3.63, 3.8) is 0 Å². The van der Waals surface area contributed by atoms with Gasteiger partial charge in [0, 0.05) is 12.5 Å². The molecule has 0 saturated heterocycles. The van der Waals surface area contributed by atoms with Crippen molar-refractivity contribution in [2.24, 2.45) is 0 Å². The van der Waals surface area contributed by atoms with Crippen molar-refractivity contribution in [2.45, 2.75) is 45.3 Å². The van der Waals surface area contributed by atoms with Gasteiger partial charge in [0.15, 0.2) is 5.16 Å². The van der Waals surface area contributed by atoms with Crippen molar-refractivity contribution >= 4 is 23.6 Å². The number of ether oxygens (including phenoxy) is 1. The van der Waals surface area contributed by atoms with E-state index in [1.807, 2.05) is 11.5 Å². The van der Waals surface area contributed by atoms with Gasteiger partial charge in [-0.15, -0.1) is 10.2 Å². The molecule has 1 rings (SSSR count). The number of carbonyl (C=O) groups is 2. The average Bonchev–Trinajstić information content (AvgIpc) is 2.86. The Labute approximate surface area is 128 Å². The number of hydrogen-bond donors (Lipinski definition) is 1. The highest BCUT2D eigenvalue weighted by atomic mass is 32.2. The normalized spacial score (nSPS) is 10.7. The minimum atomic E-state index is -0.435. The molecule has 1 amide bonds. The highest BCUT2D eigenvalue weighted by molar-refractivity contribution is 7.99. The lowest BCUT2D eigenvalue weighted by molar-refractivity contribution is -0.143. The number of nitrogens with zero attached hydrogens (tertiary/aromatic N) is 3. The van der Waals surface area contributed by atoms with Crippen LogP contribution in [0.3, 0.4) is 0 Å². The second-order valence-corrected chi connectivity index (χ2v) is 5.55. The average molecular weight is 314 g/mol. The molecule has 0 aliphatic carbocycles. The van der Waals surface area contributed by atoms with Crippen LogP contribution in [0, 0.1) is 0 Å². The van der Waals surface area contributed by atoms with E-state index in [1.165, 1.54) is 11.8 Å². The van der Waals surface area contributed by atoms with E-state index >= 15 is 0 Å². The first kappa shape index (κ1) is 17.5. The van der Waals surface area contributed by atoms with E-state index < -0.39 is 5.97 Å². The Hall–Kier alpha value is -1.57. The van der Waals surface area contributed by atoms with Gasteiger partial charge in [0.25, 0.3) is 0 Å². The van der Waals surface area contributed by atoms with Crippen LogP contribution in [0.1, 0.15) is 39.4 Å². The molecule has 0 spiro atoms. The van der Waals surface area contributed by atoms with Gasteiger partial charge in [0.1, 0.15) is 12.4 Å². The Morgan fingerprint density at radius 3 is 2.62 bits per heavy atom. The maximum Gasteiger partial charge on any atom is 0.325 e. The molecular weight excluding hydrogens is 292 g/mol. The highest BCUT2D eigenvalue weighted by Gasteiger charge is 2.15. The summed E-state index contributed by atoms with van der Waals surface area (Å²) < 4.78 is 6.73. The van der Waals surface area contributed by atoms with Crippen molar-refractivity contribution in [1.82, 2.24) is 20.1 Å². The molecule has 1 N–H and O–H groups in total. The molecule has 7 nitrogen and oxygen atoms in total. The molecule has 0 radical (unpaired) electrons. The van der Waals surface area contributed by atoms with Crippen LogP contribution in [0.25, 0.3) is 0 Å². The summed E-state index contributed by atoms with van der Waals surface area (Å²) in [5, 5.41) is 11.5. The lowest BCUT2D eigenvalue weighted by atomic mass is 10.2. The summed E-state index contributed by atoms with van der Waals surface area (Å²) in [6.07, 6.45) is 0. The zero-order chi connectivity index (χ0) is 15.8. The molecule has 0 fully saturated rings. The van der Waals surface area contributed by atoms with E-state index in [0.717, 1.165) is 12.4 Å². The molecule has 1 aromatic heterocycles. The van der Waals surface area contributed by atoms with Gasteiger partial charge in [-0.2, -0.15) is 0 Å². The van der Waals surface area contributed by atoms with E-state index in [2.05, 4.69) is 29.4 Å². The van der Waals surface area contributed by atoms with Crippen LogP contribution >= 0.6 is 11.8 Å². The van der Waals surface area contributed by atoms with Crippen molar-refractivity contribution in [3.05, 3.63) is 5.82 Å². The summed E-state index contributed by atoms with van der Waals surface area (Å²) >= 11 is 1.31. The molecule has 1 aromatic rings. The van der Waals surface area contributed by atoms with Crippen LogP contribution in [0.5, 0.6) is 0 Å². The fourth-order valence-corrected chi connectivity index (χ4v) is 2.53. The van der Waals surface area contributed by atoms with E-state index in [-0.39, 0.29) is 24.1 Å². The molecule has 0 aliphatic rings. The molecule has 0 bridgehead atoms. The minimum absolute atomic E-state index is 0.106. The Morgan fingerprint density at radius 1 is 1.33 bits per heavy atom. The number of esters is 1. The number of aromatic nitrogens is 3. The number of carbonyl (C=O) groups excluding carboxylic acids is 2. The smallest absolute Gasteiger partial charge is 0.325 e. The molecule has 1 heterocycles. The number of nitrogens with one attached hydrogen (secondary N) is 1. The first-order chi connectivity index (χ1) is 9.99. The molecule has 0 atom stereocenters. The molecule has 0 saturated carbocycles. The first-order valence-corrected chi connectivity index (χ1v) is 7.96. The third kappa shape index (κ3) is 5.37. The van der Waals surface area contributed by atoms with Crippen molar-refractivity contribution < 1.29 is 14.3 Å². The predicted molar refractivity (Wildman–Crippen MR) is 80.2 cm³/mol. The van der Waals surface area contributed by atoms with Crippen LogP contribution in [-0.2, 0) is 20.9 Å². The number of rotatable bonds is 8. The topological polar surface area (TPSA) is 86.1 Å². The first-order valence-electron chi connectivity index (χ1n) is 6.97. The molecule has 0 aromatic carbocycles. The number of hydrogen-bond acceptors (Lipinski definition) is 6.